The van der Waals surface area contributed by atoms with Gasteiger partial charge in [-0.25, -0.2) is 0 Å². The molecule has 1 aromatic heterocycles. The van der Waals surface area contributed by atoms with E-state index >= 15 is 0 Å². The predicted molar refractivity (Wildman–Crippen MR) is 57.8 cm³/mol. The molecule has 0 aliphatic heterocycles. The van der Waals surface area contributed by atoms with Gasteiger partial charge in [0.05, 0.1) is 6.26 Å². The highest BCUT2D eigenvalue weighted by molar-refractivity contribution is 5.75. The van der Waals surface area contributed by atoms with Gasteiger partial charge in [0.25, 0.3) is 0 Å². The summed E-state index contributed by atoms with van der Waals surface area (Å²) in [5.74, 6) is -0.697. The number of hydrogen-bond donors (Lipinski definition) is 1. The normalized spacial score (nSPS) is 12.6. The molecule has 0 amide bonds. The van der Waals surface area contributed by atoms with Crippen LogP contribution in [0, 0.1) is 0 Å². The molecule has 1 atom stereocenters. The average molecular weight is 210 g/mol. The molecule has 1 heterocycles. The summed E-state index contributed by atoms with van der Waals surface area (Å²) >= 11 is 0. The largest absolute Gasteiger partial charge is 0.481 e. The summed E-state index contributed by atoms with van der Waals surface area (Å²) < 4.78 is 5.13. The maximum absolute atomic E-state index is 11.0. The fourth-order valence-corrected chi connectivity index (χ4v) is 1.65. The number of aliphatic carboxylic acids is 1. The zero-order valence-electron chi connectivity index (χ0n) is 9.11. The minimum atomic E-state index is -0.790. The molecule has 0 saturated heterocycles. The molecule has 3 nitrogen and oxygen atoms in total. The van der Waals surface area contributed by atoms with Crippen molar-refractivity contribution in [3.8, 4) is 0 Å². The van der Waals surface area contributed by atoms with Gasteiger partial charge in [0.2, 0.25) is 0 Å². The number of furan rings is 1. The molecule has 0 spiro atoms. The Labute approximate surface area is 90.1 Å². The van der Waals surface area contributed by atoms with Gasteiger partial charge in [-0.2, -0.15) is 0 Å². The number of rotatable bonds is 7. The fraction of sp³-hybridized carbons (Fsp3) is 0.583. The van der Waals surface area contributed by atoms with E-state index in [-0.39, 0.29) is 0 Å². The Morgan fingerprint density at radius 1 is 1.47 bits per heavy atom. The van der Waals surface area contributed by atoms with E-state index in [9.17, 15) is 4.79 Å². The molecule has 1 aromatic rings. The SMILES string of the molecule is CCCCCCC(C(=O)O)c1ccco1. The Morgan fingerprint density at radius 2 is 2.27 bits per heavy atom. The van der Waals surface area contributed by atoms with Crippen LogP contribution >= 0.6 is 0 Å². The number of carboxylic acids is 1. The van der Waals surface area contributed by atoms with Gasteiger partial charge in [-0.1, -0.05) is 32.6 Å². The van der Waals surface area contributed by atoms with E-state index in [2.05, 4.69) is 6.92 Å². The molecular weight excluding hydrogens is 192 g/mol. The molecule has 0 bridgehead atoms. The summed E-state index contributed by atoms with van der Waals surface area (Å²) in [6, 6.07) is 3.47. The van der Waals surface area contributed by atoms with Gasteiger partial charge in [-0.15, -0.1) is 0 Å². The van der Waals surface area contributed by atoms with Crippen molar-refractivity contribution in [1.82, 2.24) is 0 Å². The Bertz CT molecular complexity index is 277. The molecule has 1 rings (SSSR count). The third-order valence-electron chi connectivity index (χ3n) is 2.53. The highest BCUT2D eigenvalue weighted by Gasteiger charge is 2.21. The van der Waals surface area contributed by atoms with Crippen molar-refractivity contribution < 1.29 is 14.3 Å². The Morgan fingerprint density at radius 3 is 2.80 bits per heavy atom. The van der Waals surface area contributed by atoms with E-state index in [1.165, 1.54) is 19.1 Å². The van der Waals surface area contributed by atoms with E-state index in [1.54, 1.807) is 12.1 Å². The van der Waals surface area contributed by atoms with Crippen molar-refractivity contribution in [2.75, 3.05) is 0 Å². The van der Waals surface area contributed by atoms with Gasteiger partial charge < -0.3 is 9.52 Å². The average Bonchev–Trinajstić information content (AvgIpc) is 2.70. The molecular formula is C12H18O3. The summed E-state index contributed by atoms with van der Waals surface area (Å²) in [6.07, 6.45) is 6.58. The Kier molecular flexibility index (Phi) is 4.95. The van der Waals surface area contributed by atoms with Crippen molar-refractivity contribution in [2.45, 2.75) is 44.9 Å². The van der Waals surface area contributed by atoms with Gasteiger partial charge in [0, 0.05) is 0 Å². The molecule has 3 heteroatoms. The molecule has 0 aliphatic carbocycles. The zero-order valence-corrected chi connectivity index (χ0v) is 9.11. The molecule has 0 radical (unpaired) electrons. The van der Waals surface area contributed by atoms with Crippen LogP contribution in [0.2, 0.25) is 0 Å². The van der Waals surface area contributed by atoms with Crippen molar-refractivity contribution in [1.29, 1.82) is 0 Å². The standard InChI is InChI=1S/C12H18O3/c1-2-3-4-5-7-10(12(13)14)11-8-6-9-15-11/h6,8-10H,2-5,7H2,1H3,(H,13,14). The molecule has 0 aromatic carbocycles. The maximum Gasteiger partial charge on any atom is 0.314 e. The van der Waals surface area contributed by atoms with Gasteiger partial charge in [-0.05, 0) is 18.6 Å². The van der Waals surface area contributed by atoms with Crippen LogP contribution in [0.1, 0.15) is 50.7 Å². The quantitative estimate of drug-likeness (QED) is 0.701. The lowest BCUT2D eigenvalue weighted by molar-refractivity contribution is -0.139. The highest BCUT2D eigenvalue weighted by atomic mass is 16.4. The first-order chi connectivity index (χ1) is 7.25. The first-order valence-corrected chi connectivity index (χ1v) is 5.52. The molecule has 15 heavy (non-hydrogen) atoms. The molecule has 84 valence electrons. The maximum atomic E-state index is 11.0. The second-order valence-corrected chi connectivity index (χ2v) is 3.76. The number of carbonyl (C=O) groups is 1. The molecule has 0 fully saturated rings. The first-order valence-electron chi connectivity index (χ1n) is 5.52. The monoisotopic (exact) mass is 210 g/mol. The van der Waals surface area contributed by atoms with Crippen LogP contribution in [0.3, 0.4) is 0 Å². The van der Waals surface area contributed by atoms with Crippen molar-refractivity contribution in [3.05, 3.63) is 24.2 Å². The van der Waals surface area contributed by atoms with Crippen LogP contribution in [0.5, 0.6) is 0 Å². The summed E-state index contributed by atoms with van der Waals surface area (Å²) in [5.41, 5.74) is 0. The van der Waals surface area contributed by atoms with E-state index < -0.39 is 11.9 Å². The predicted octanol–water partition coefficient (Wildman–Crippen LogP) is 3.42. The highest BCUT2D eigenvalue weighted by Crippen LogP contribution is 2.23. The van der Waals surface area contributed by atoms with E-state index in [1.807, 2.05) is 0 Å². The number of hydrogen-bond acceptors (Lipinski definition) is 2. The van der Waals surface area contributed by atoms with Crippen LogP contribution in [0.4, 0.5) is 0 Å². The Hall–Kier alpha value is -1.25. The van der Waals surface area contributed by atoms with Crippen LogP contribution in [-0.2, 0) is 4.79 Å². The molecule has 1 unspecified atom stereocenters. The topological polar surface area (TPSA) is 50.4 Å². The second-order valence-electron chi connectivity index (χ2n) is 3.76. The fourth-order valence-electron chi connectivity index (χ4n) is 1.65. The lowest BCUT2D eigenvalue weighted by atomic mass is 9.98. The van der Waals surface area contributed by atoms with Crippen LogP contribution < -0.4 is 0 Å². The van der Waals surface area contributed by atoms with Gasteiger partial charge in [-0.3, -0.25) is 4.79 Å². The summed E-state index contributed by atoms with van der Waals surface area (Å²) in [4.78, 5) is 11.0. The van der Waals surface area contributed by atoms with Crippen LogP contribution in [0.15, 0.2) is 22.8 Å². The lowest BCUT2D eigenvalue weighted by Crippen LogP contribution is -2.10. The third-order valence-corrected chi connectivity index (χ3v) is 2.53. The summed E-state index contributed by atoms with van der Waals surface area (Å²) in [5, 5.41) is 9.04. The van der Waals surface area contributed by atoms with Crippen molar-refractivity contribution >= 4 is 5.97 Å². The molecule has 0 aliphatic rings. The zero-order chi connectivity index (χ0) is 11.1. The summed E-state index contributed by atoms with van der Waals surface area (Å²) in [7, 11) is 0. The van der Waals surface area contributed by atoms with E-state index in [4.69, 9.17) is 9.52 Å². The smallest absolute Gasteiger partial charge is 0.314 e. The van der Waals surface area contributed by atoms with Crippen LogP contribution in [0.25, 0.3) is 0 Å². The lowest BCUT2D eigenvalue weighted by Gasteiger charge is -2.08. The third kappa shape index (κ3) is 3.78. The van der Waals surface area contributed by atoms with E-state index in [0.717, 1.165) is 12.8 Å². The minimum absolute atomic E-state index is 0.475. The molecule has 1 N–H and O–H groups in total. The molecule has 0 saturated carbocycles. The van der Waals surface area contributed by atoms with Crippen molar-refractivity contribution in [2.24, 2.45) is 0 Å². The Balaban J connectivity index is 2.42. The van der Waals surface area contributed by atoms with E-state index in [0.29, 0.717) is 12.2 Å². The summed E-state index contributed by atoms with van der Waals surface area (Å²) in [6.45, 7) is 2.14. The minimum Gasteiger partial charge on any atom is -0.481 e. The van der Waals surface area contributed by atoms with Crippen LogP contribution in [-0.4, -0.2) is 11.1 Å². The van der Waals surface area contributed by atoms with Gasteiger partial charge in [0.1, 0.15) is 11.7 Å². The number of unbranched alkanes of at least 4 members (excludes halogenated alkanes) is 3. The first kappa shape index (κ1) is 11.8. The van der Waals surface area contributed by atoms with Crippen molar-refractivity contribution in [3.63, 3.8) is 0 Å². The second kappa shape index (κ2) is 6.27. The van der Waals surface area contributed by atoms with Gasteiger partial charge >= 0.3 is 5.97 Å². The number of carboxylic acid groups (broad SMARTS) is 1. The van der Waals surface area contributed by atoms with Gasteiger partial charge in [0.15, 0.2) is 0 Å².